The number of nitrogens with zero attached hydrogens (tertiary/aromatic N) is 1. The standard InChI is InChI=1S/C11H11NO3/c1-3-7-5-4-6-8-9(7)10(13)15-11(14)12(8)2/h4-6H,3H2,1-2H3. The van der Waals surface area contributed by atoms with Crippen LogP contribution in [0.5, 0.6) is 0 Å². The normalized spacial score (nSPS) is 10.8. The van der Waals surface area contributed by atoms with Gasteiger partial charge in [-0.2, -0.15) is 0 Å². The van der Waals surface area contributed by atoms with Gasteiger partial charge in [-0.25, -0.2) is 9.59 Å². The second-order valence-electron chi connectivity index (χ2n) is 3.38. The molecule has 2 rings (SSSR count). The molecule has 0 bridgehead atoms. The van der Waals surface area contributed by atoms with E-state index in [-0.39, 0.29) is 0 Å². The van der Waals surface area contributed by atoms with E-state index in [0.29, 0.717) is 10.9 Å². The first-order valence-corrected chi connectivity index (χ1v) is 4.77. The summed E-state index contributed by atoms with van der Waals surface area (Å²) in [5, 5.41) is 0.502. The molecule has 4 heteroatoms. The van der Waals surface area contributed by atoms with Gasteiger partial charge in [0.05, 0.1) is 10.9 Å². The van der Waals surface area contributed by atoms with Crippen LogP contribution in [-0.4, -0.2) is 4.57 Å². The van der Waals surface area contributed by atoms with E-state index < -0.39 is 11.4 Å². The van der Waals surface area contributed by atoms with Crippen molar-refractivity contribution in [3.05, 3.63) is 44.7 Å². The molecule has 0 aliphatic carbocycles. The molecule has 1 aromatic heterocycles. The second kappa shape index (κ2) is 3.38. The van der Waals surface area contributed by atoms with Gasteiger partial charge in [0.2, 0.25) is 0 Å². The molecule has 4 nitrogen and oxygen atoms in total. The Labute approximate surface area is 85.8 Å². The van der Waals surface area contributed by atoms with Crippen LogP contribution in [0.4, 0.5) is 0 Å². The molecule has 0 atom stereocenters. The summed E-state index contributed by atoms with van der Waals surface area (Å²) in [6, 6.07) is 5.44. The fraction of sp³-hybridized carbons (Fsp3) is 0.273. The lowest BCUT2D eigenvalue weighted by Gasteiger charge is -2.05. The lowest BCUT2D eigenvalue weighted by Crippen LogP contribution is -2.23. The minimum absolute atomic E-state index is 0.502. The van der Waals surface area contributed by atoms with Crippen LogP contribution in [0.15, 0.2) is 32.2 Å². The van der Waals surface area contributed by atoms with Gasteiger partial charge < -0.3 is 4.42 Å². The van der Waals surface area contributed by atoms with Gasteiger partial charge in [-0.3, -0.25) is 4.57 Å². The SMILES string of the molecule is CCc1cccc2c1c(=O)oc(=O)n2C. The number of aromatic nitrogens is 1. The Morgan fingerprint density at radius 3 is 2.73 bits per heavy atom. The molecule has 0 unspecified atom stereocenters. The van der Waals surface area contributed by atoms with Crippen molar-refractivity contribution in [3.63, 3.8) is 0 Å². The Hall–Kier alpha value is -1.84. The summed E-state index contributed by atoms with van der Waals surface area (Å²) in [6.45, 7) is 1.96. The number of aryl methyl sites for hydroxylation is 2. The van der Waals surface area contributed by atoms with Crippen LogP contribution in [0, 0.1) is 0 Å². The average Bonchev–Trinajstić information content (AvgIpc) is 2.25. The molecular formula is C11H11NO3. The Morgan fingerprint density at radius 1 is 1.33 bits per heavy atom. The maximum atomic E-state index is 11.6. The number of rotatable bonds is 1. The van der Waals surface area contributed by atoms with Gasteiger partial charge in [0.1, 0.15) is 0 Å². The van der Waals surface area contributed by atoms with E-state index in [1.165, 1.54) is 4.57 Å². The molecule has 0 aliphatic heterocycles. The molecule has 0 fully saturated rings. The molecule has 0 spiro atoms. The van der Waals surface area contributed by atoms with E-state index in [0.717, 1.165) is 12.0 Å². The molecule has 0 radical (unpaired) electrons. The predicted octanol–water partition coefficient (Wildman–Crippen LogP) is 1.05. The van der Waals surface area contributed by atoms with E-state index in [4.69, 9.17) is 0 Å². The van der Waals surface area contributed by atoms with Crippen molar-refractivity contribution < 1.29 is 4.42 Å². The molecule has 0 saturated heterocycles. The summed E-state index contributed by atoms with van der Waals surface area (Å²) >= 11 is 0. The smallest absolute Gasteiger partial charge is 0.372 e. The minimum Gasteiger partial charge on any atom is -0.372 e. The van der Waals surface area contributed by atoms with Gasteiger partial charge in [0.15, 0.2) is 0 Å². The third-order valence-electron chi connectivity index (χ3n) is 2.53. The highest BCUT2D eigenvalue weighted by atomic mass is 16.4. The van der Waals surface area contributed by atoms with Crippen LogP contribution in [0.2, 0.25) is 0 Å². The molecule has 78 valence electrons. The number of hydrogen-bond donors (Lipinski definition) is 0. The van der Waals surface area contributed by atoms with Crippen molar-refractivity contribution in [1.29, 1.82) is 0 Å². The predicted molar refractivity (Wildman–Crippen MR) is 57.1 cm³/mol. The van der Waals surface area contributed by atoms with Gasteiger partial charge in [0.25, 0.3) is 0 Å². The van der Waals surface area contributed by atoms with Crippen molar-refractivity contribution in [2.75, 3.05) is 0 Å². The zero-order valence-corrected chi connectivity index (χ0v) is 8.61. The summed E-state index contributed by atoms with van der Waals surface area (Å²) in [6.07, 6.45) is 0.736. The second-order valence-corrected chi connectivity index (χ2v) is 3.38. The Bertz CT molecular complexity index is 622. The van der Waals surface area contributed by atoms with Gasteiger partial charge in [0, 0.05) is 7.05 Å². The maximum Gasteiger partial charge on any atom is 0.422 e. The zero-order chi connectivity index (χ0) is 11.0. The fourth-order valence-electron chi connectivity index (χ4n) is 1.69. The van der Waals surface area contributed by atoms with Crippen molar-refractivity contribution in [3.8, 4) is 0 Å². The molecule has 0 aliphatic rings. The molecule has 0 saturated carbocycles. The van der Waals surface area contributed by atoms with Gasteiger partial charge in [-0.15, -0.1) is 0 Å². The number of fused-ring (bicyclic) bond motifs is 1. The zero-order valence-electron chi connectivity index (χ0n) is 8.61. The van der Waals surface area contributed by atoms with E-state index in [9.17, 15) is 9.59 Å². The summed E-state index contributed by atoms with van der Waals surface area (Å²) in [4.78, 5) is 22.8. The topological polar surface area (TPSA) is 52.2 Å². The van der Waals surface area contributed by atoms with E-state index in [1.54, 1.807) is 13.1 Å². The molecule has 15 heavy (non-hydrogen) atoms. The molecule has 0 amide bonds. The van der Waals surface area contributed by atoms with Crippen molar-refractivity contribution in [2.45, 2.75) is 13.3 Å². The number of benzene rings is 1. The van der Waals surface area contributed by atoms with Crippen molar-refractivity contribution in [1.82, 2.24) is 4.57 Å². The number of hydrogen-bond acceptors (Lipinski definition) is 3. The van der Waals surface area contributed by atoms with Crippen molar-refractivity contribution in [2.24, 2.45) is 7.05 Å². The Morgan fingerprint density at radius 2 is 2.07 bits per heavy atom. The van der Waals surface area contributed by atoms with Crippen LogP contribution in [0.3, 0.4) is 0 Å². The fourth-order valence-corrected chi connectivity index (χ4v) is 1.69. The average molecular weight is 205 g/mol. The van der Waals surface area contributed by atoms with Crippen LogP contribution in [0.1, 0.15) is 12.5 Å². The first kappa shape index (κ1) is 9.71. The third-order valence-corrected chi connectivity index (χ3v) is 2.53. The van der Waals surface area contributed by atoms with Crippen molar-refractivity contribution >= 4 is 10.9 Å². The molecular weight excluding hydrogens is 194 g/mol. The largest absolute Gasteiger partial charge is 0.422 e. The van der Waals surface area contributed by atoms with Crippen LogP contribution >= 0.6 is 0 Å². The van der Waals surface area contributed by atoms with Gasteiger partial charge >= 0.3 is 11.4 Å². The Balaban J connectivity index is 3.09. The monoisotopic (exact) mass is 205 g/mol. The highest BCUT2D eigenvalue weighted by Crippen LogP contribution is 2.13. The molecule has 0 N–H and O–H groups in total. The first-order valence-electron chi connectivity index (χ1n) is 4.77. The van der Waals surface area contributed by atoms with Crippen LogP contribution in [0.25, 0.3) is 10.9 Å². The van der Waals surface area contributed by atoms with Crippen LogP contribution in [-0.2, 0) is 13.5 Å². The highest BCUT2D eigenvalue weighted by Gasteiger charge is 2.09. The molecule has 1 aromatic carbocycles. The minimum atomic E-state index is -0.624. The summed E-state index contributed by atoms with van der Waals surface area (Å²) in [7, 11) is 1.59. The van der Waals surface area contributed by atoms with E-state index in [2.05, 4.69) is 4.42 Å². The van der Waals surface area contributed by atoms with Gasteiger partial charge in [-0.05, 0) is 18.1 Å². The first-order chi connectivity index (χ1) is 7.15. The van der Waals surface area contributed by atoms with E-state index >= 15 is 0 Å². The summed E-state index contributed by atoms with van der Waals surface area (Å²) in [5.74, 6) is -0.624. The molecule has 2 aromatic rings. The van der Waals surface area contributed by atoms with Gasteiger partial charge in [-0.1, -0.05) is 19.1 Å². The highest BCUT2D eigenvalue weighted by molar-refractivity contribution is 5.81. The quantitative estimate of drug-likeness (QED) is 0.699. The summed E-state index contributed by atoms with van der Waals surface area (Å²) in [5.41, 5.74) is 0.970. The van der Waals surface area contributed by atoms with E-state index in [1.807, 2.05) is 19.1 Å². The Kier molecular flexibility index (Phi) is 2.19. The lowest BCUT2D eigenvalue weighted by atomic mass is 10.1. The lowest BCUT2D eigenvalue weighted by molar-refractivity contribution is 0.432. The van der Waals surface area contributed by atoms with Crippen LogP contribution < -0.4 is 11.4 Å². The summed E-state index contributed by atoms with van der Waals surface area (Å²) < 4.78 is 5.96. The maximum absolute atomic E-state index is 11.6. The third kappa shape index (κ3) is 1.38. The molecule has 1 heterocycles.